The zero-order chi connectivity index (χ0) is 13.7. The molecule has 122 valence electrons. The average Bonchev–Trinajstić information content (AvgIpc) is 2.85. The molecule has 0 spiro atoms. The Morgan fingerprint density at radius 3 is 2.90 bits per heavy atom. The van der Waals surface area contributed by atoms with E-state index in [9.17, 15) is 4.79 Å². The van der Waals surface area contributed by atoms with Gasteiger partial charge in [0.15, 0.2) is 0 Å². The molecule has 0 aliphatic carbocycles. The van der Waals surface area contributed by atoms with Crippen molar-refractivity contribution in [2.75, 3.05) is 19.6 Å². The molecule has 7 heteroatoms. The molecule has 1 saturated heterocycles. The van der Waals surface area contributed by atoms with Gasteiger partial charge in [-0.25, -0.2) is 4.98 Å². The van der Waals surface area contributed by atoms with Crippen LogP contribution in [0.2, 0.25) is 0 Å². The van der Waals surface area contributed by atoms with Crippen molar-refractivity contribution >= 4 is 42.1 Å². The summed E-state index contributed by atoms with van der Waals surface area (Å²) in [5.41, 5.74) is 0.574. The molecule has 1 aromatic heterocycles. The van der Waals surface area contributed by atoms with E-state index in [0.717, 1.165) is 31.1 Å². The second-order valence-corrected chi connectivity index (χ2v) is 6.59. The molecule has 1 aromatic rings. The maximum Gasteiger partial charge on any atom is 0.270 e. The largest absolute Gasteiger partial charge is 0.350 e. The first-order chi connectivity index (χ1) is 9.15. The summed E-state index contributed by atoms with van der Waals surface area (Å²) in [6.07, 6.45) is 3.35. The highest BCUT2D eigenvalue weighted by Gasteiger charge is 2.16. The Kier molecular flexibility index (Phi) is 10.2. The lowest BCUT2D eigenvalue weighted by Crippen LogP contribution is -2.38. The highest BCUT2D eigenvalue weighted by Crippen LogP contribution is 2.14. The van der Waals surface area contributed by atoms with Gasteiger partial charge in [0.05, 0.1) is 5.01 Å². The fourth-order valence-electron chi connectivity index (χ4n) is 2.28. The van der Waals surface area contributed by atoms with E-state index in [0.29, 0.717) is 17.5 Å². The van der Waals surface area contributed by atoms with E-state index in [1.165, 1.54) is 12.8 Å². The Bertz CT molecular complexity index is 420. The summed E-state index contributed by atoms with van der Waals surface area (Å²) in [6, 6.07) is 0. The Hall–Kier alpha value is -0.360. The van der Waals surface area contributed by atoms with Gasteiger partial charge in [-0.3, -0.25) is 4.79 Å². The van der Waals surface area contributed by atoms with Crippen molar-refractivity contribution in [3.63, 3.8) is 0 Å². The maximum absolute atomic E-state index is 12.0. The molecule has 4 nitrogen and oxygen atoms in total. The smallest absolute Gasteiger partial charge is 0.270 e. The normalized spacial score (nSPS) is 17.8. The molecule has 1 unspecified atom stereocenters. The topological polar surface area (TPSA) is 54.0 Å². The summed E-state index contributed by atoms with van der Waals surface area (Å²) in [7, 11) is 0. The summed E-state index contributed by atoms with van der Waals surface area (Å²) in [5, 5.41) is 9.28. The highest BCUT2D eigenvalue weighted by atomic mass is 35.5. The molecule has 1 aliphatic heterocycles. The predicted octanol–water partition coefficient (Wildman–Crippen LogP) is 2.91. The minimum atomic E-state index is -0.0307. The van der Waals surface area contributed by atoms with Crippen LogP contribution in [-0.4, -0.2) is 30.5 Å². The number of carbonyl (C=O) groups is 1. The molecule has 1 aliphatic rings. The lowest BCUT2D eigenvalue weighted by Gasteiger charge is -2.22. The van der Waals surface area contributed by atoms with Crippen molar-refractivity contribution < 1.29 is 4.79 Å². The number of amides is 1. The summed E-state index contributed by atoms with van der Waals surface area (Å²) >= 11 is 1.58. The first-order valence-corrected chi connectivity index (χ1v) is 7.96. The van der Waals surface area contributed by atoms with Crippen molar-refractivity contribution in [2.24, 2.45) is 11.8 Å². The first kappa shape index (κ1) is 20.6. The van der Waals surface area contributed by atoms with Crippen LogP contribution in [0, 0.1) is 11.8 Å². The number of rotatable bonds is 5. The number of halogens is 2. The van der Waals surface area contributed by atoms with Crippen LogP contribution in [0.5, 0.6) is 0 Å². The molecule has 0 aromatic carbocycles. The average molecular weight is 354 g/mol. The Morgan fingerprint density at radius 1 is 1.52 bits per heavy atom. The van der Waals surface area contributed by atoms with Gasteiger partial charge in [0.1, 0.15) is 5.69 Å². The van der Waals surface area contributed by atoms with Crippen LogP contribution in [0.25, 0.3) is 0 Å². The number of hydrogen-bond acceptors (Lipinski definition) is 4. The van der Waals surface area contributed by atoms with Crippen LogP contribution in [-0.2, 0) is 6.42 Å². The molecule has 2 heterocycles. The van der Waals surface area contributed by atoms with Gasteiger partial charge in [0.25, 0.3) is 5.91 Å². The molecule has 0 saturated carbocycles. The predicted molar refractivity (Wildman–Crippen MR) is 93.1 cm³/mol. The summed E-state index contributed by atoms with van der Waals surface area (Å²) < 4.78 is 0. The highest BCUT2D eigenvalue weighted by molar-refractivity contribution is 7.09. The third kappa shape index (κ3) is 6.96. The van der Waals surface area contributed by atoms with Gasteiger partial charge in [-0.1, -0.05) is 13.8 Å². The summed E-state index contributed by atoms with van der Waals surface area (Å²) in [5.74, 6) is 1.11. The third-order valence-corrected chi connectivity index (χ3v) is 4.19. The van der Waals surface area contributed by atoms with Crippen LogP contribution in [0.3, 0.4) is 0 Å². The molecule has 0 radical (unpaired) electrons. The molecular formula is C14H25Cl2N3OS. The minimum Gasteiger partial charge on any atom is -0.350 e. The van der Waals surface area contributed by atoms with Crippen molar-refractivity contribution in [1.82, 2.24) is 15.6 Å². The Morgan fingerprint density at radius 2 is 2.29 bits per heavy atom. The van der Waals surface area contributed by atoms with E-state index in [1.54, 1.807) is 11.3 Å². The van der Waals surface area contributed by atoms with Crippen LogP contribution in [0.15, 0.2) is 5.38 Å². The quantitative estimate of drug-likeness (QED) is 0.855. The fourth-order valence-corrected chi connectivity index (χ4v) is 3.27. The zero-order valence-electron chi connectivity index (χ0n) is 12.6. The van der Waals surface area contributed by atoms with Crippen molar-refractivity contribution in [2.45, 2.75) is 33.1 Å². The monoisotopic (exact) mass is 353 g/mol. The third-order valence-electron chi connectivity index (χ3n) is 3.32. The number of aromatic nitrogens is 1. The number of piperidine rings is 1. The van der Waals surface area contributed by atoms with E-state index in [1.807, 2.05) is 5.38 Å². The molecular weight excluding hydrogens is 329 g/mol. The second kappa shape index (κ2) is 10.4. The van der Waals surface area contributed by atoms with Crippen molar-refractivity contribution in [3.8, 4) is 0 Å². The Balaban J connectivity index is 0.00000200. The van der Waals surface area contributed by atoms with Gasteiger partial charge in [-0.15, -0.1) is 36.2 Å². The zero-order valence-corrected chi connectivity index (χ0v) is 15.0. The Labute approximate surface area is 143 Å². The molecule has 0 bridgehead atoms. The van der Waals surface area contributed by atoms with Crippen LogP contribution < -0.4 is 10.6 Å². The van der Waals surface area contributed by atoms with Gasteiger partial charge < -0.3 is 10.6 Å². The number of hydrogen-bond donors (Lipinski definition) is 2. The first-order valence-electron chi connectivity index (χ1n) is 7.08. The number of carbonyl (C=O) groups excluding carboxylic acids is 1. The molecule has 2 rings (SSSR count). The van der Waals surface area contributed by atoms with E-state index >= 15 is 0 Å². The van der Waals surface area contributed by atoms with Crippen molar-refractivity contribution in [3.05, 3.63) is 16.1 Å². The van der Waals surface area contributed by atoms with Crippen molar-refractivity contribution in [1.29, 1.82) is 0 Å². The number of thiazole rings is 1. The molecule has 2 N–H and O–H groups in total. The second-order valence-electron chi connectivity index (χ2n) is 5.65. The number of nitrogens with zero attached hydrogens (tertiary/aromatic N) is 1. The SMILES string of the molecule is CC(C)Cc1nc(C(=O)NCC2CCCNC2)cs1.Cl.Cl. The lowest BCUT2D eigenvalue weighted by molar-refractivity contribution is 0.0940. The van der Waals surface area contributed by atoms with E-state index in [2.05, 4.69) is 29.5 Å². The van der Waals surface area contributed by atoms with Gasteiger partial charge in [-0.2, -0.15) is 0 Å². The summed E-state index contributed by atoms with van der Waals surface area (Å²) in [4.78, 5) is 16.4. The van der Waals surface area contributed by atoms with Crippen LogP contribution in [0.4, 0.5) is 0 Å². The van der Waals surface area contributed by atoms with Gasteiger partial charge in [0, 0.05) is 18.3 Å². The minimum absolute atomic E-state index is 0. The molecule has 1 amide bonds. The van der Waals surface area contributed by atoms with E-state index in [-0.39, 0.29) is 30.7 Å². The van der Waals surface area contributed by atoms with Gasteiger partial charge in [-0.05, 0) is 37.8 Å². The number of nitrogens with one attached hydrogen (secondary N) is 2. The molecule has 1 atom stereocenters. The van der Waals surface area contributed by atoms with Crippen LogP contribution >= 0.6 is 36.2 Å². The lowest BCUT2D eigenvalue weighted by atomic mass is 10.00. The maximum atomic E-state index is 12.0. The van der Waals surface area contributed by atoms with Gasteiger partial charge >= 0.3 is 0 Å². The van der Waals surface area contributed by atoms with Gasteiger partial charge in [0.2, 0.25) is 0 Å². The van der Waals surface area contributed by atoms with E-state index in [4.69, 9.17) is 0 Å². The molecule has 21 heavy (non-hydrogen) atoms. The fraction of sp³-hybridized carbons (Fsp3) is 0.714. The van der Waals surface area contributed by atoms with Crippen LogP contribution in [0.1, 0.15) is 42.2 Å². The summed E-state index contributed by atoms with van der Waals surface area (Å²) in [6.45, 7) is 7.20. The molecule has 1 fully saturated rings. The standard InChI is InChI=1S/C14H23N3OS.2ClH/c1-10(2)6-13-17-12(9-19-13)14(18)16-8-11-4-3-5-15-7-11;;/h9-11,15H,3-8H2,1-2H3,(H,16,18);2*1H. The van der Waals surface area contributed by atoms with E-state index < -0.39 is 0 Å².